The predicted octanol–water partition coefficient (Wildman–Crippen LogP) is 0.241. The third-order valence-corrected chi connectivity index (χ3v) is 3.31. The Morgan fingerprint density at radius 2 is 2.21 bits per heavy atom. The van der Waals surface area contributed by atoms with Gasteiger partial charge < -0.3 is 5.11 Å². The number of nitrogens with zero attached hydrogens (tertiary/aromatic N) is 2. The van der Waals surface area contributed by atoms with Crippen molar-refractivity contribution in [3.63, 3.8) is 0 Å². The molecule has 1 atom stereocenters. The van der Waals surface area contributed by atoms with Crippen molar-refractivity contribution in [1.82, 2.24) is 9.80 Å². The molecule has 4 nitrogen and oxygen atoms in total. The summed E-state index contributed by atoms with van der Waals surface area (Å²) in [7, 11) is 0. The van der Waals surface area contributed by atoms with Crippen LogP contribution in [0.5, 0.6) is 0 Å². The van der Waals surface area contributed by atoms with Gasteiger partial charge in [-0.2, -0.15) is 0 Å². The molecule has 1 unspecified atom stereocenters. The van der Waals surface area contributed by atoms with Crippen LogP contribution in [0.3, 0.4) is 0 Å². The lowest BCUT2D eigenvalue weighted by Crippen LogP contribution is -2.50. The molecule has 0 aromatic heterocycles. The van der Waals surface area contributed by atoms with E-state index in [-0.39, 0.29) is 6.42 Å². The lowest BCUT2D eigenvalue weighted by atomic mass is 10.1. The van der Waals surface area contributed by atoms with E-state index >= 15 is 0 Å². The van der Waals surface area contributed by atoms with Gasteiger partial charge in [0.05, 0.1) is 6.42 Å². The highest BCUT2D eigenvalue weighted by atomic mass is 16.4. The van der Waals surface area contributed by atoms with Gasteiger partial charge in [0.2, 0.25) is 0 Å². The monoisotopic (exact) mass is 198 g/mol. The second-order valence-electron chi connectivity index (χ2n) is 4.28. The number of hydrogen-bond donors (Lipinski definition) is 1. The van der Waals surface area contributed by atoms with Gasteiger partial charge in [0.25, 0.3) is 0 Å². The van der Waals surface area contributed by atoms with E-state index in [1.54, 1.807) is 0 Å². The summed E-state index contributed by atoms with van der Waals surface area (Å²) in [6.07, 6.45) is 2.90. The Bertz CT molecular complexity index is 220. The van der Waals surface area contributed by atoms with Gasteiger partial charge in [0, 0.05) is 32.2 Å². The number of rotatable bonds is 3. The molecular formula is C10H18N2O2. The molecule has 2 saturated heterocycles. The Labute approximate surface area is 84.5 Å². The quantitative estimate of drug-likeness (QED) is 0.705. The summed E-state index contributed by atoms with van der Waals surface area (Å²) in [6, 6.07) is 0.706. The number of carbonyl (C=O) groups is 1. The lowest BCUT2D eigenvalue weighted by molar-refractivity contribution is -0.137. The van der Waals surface area contributed by atoms with Crippen LogP contribution in [-0.2, 0) is 4.79 Å². The van der Waals surface area contributed by atoms with Crippen LogP contribution >= 0.6 is 0 Å². The zero-order valence-corrected chi connectivity index (χ0v) is 8.48. The van der Waals surface area contributed by atoms with E-state index in [0.29, 0.717) is 6.04 Å². The minimum atomic E-state index is -0.682. The number of hydrogen-bond acceptors (Lipinski definition) is 3. The second-order valence-corrected chi connectivity index (χ2v) is 4.28. The molecule has 0 bridgehead atoms. The molecule has 2 heterocycles. The van der Waals surface area contributed by atoms with Gasteiger partial charge in [-0.1, -0.05) is 0 Å². The van der Waals surface area contributed by atoms with E-state index in [4.69, 9.17) is 5.11 Å². The highest BCUT2D eigenvalue weighted by Gasteiger charge is 2.30. The molecular weight excluding hydrogens is 180 g/mol. The maximum atomic E-state index is 10.4. The van der Waals surface area contributed by atoms with Crippen molar-refractivity contribution < 1.29 is 9.90 Å². The number of aliphatic carboxylic acids is 1. The van der Waals surface area contributed by atoms with Gasteiger partial charge in [-0.25, -0.2) is 0 Å². The Morgan fingerprint density at radius 1 is 1.36 bits per heavy atom. The predicted molar refractivity (Wildman–Crippen MR) is 53.3 cm³/mol. The molecule has 0 aliphatic carbocycles. The van der Waals surface area contributed by atoms with Crippen molar-refractivity contribution in [3.8, 4) is 0 Å². The average Bonchev–Trinajstić information content (AvgIpc) is 2.61. The van der Waals surface area contributed by atoms with Crippen LogP contribution in [0.2, 0.25) is 0 Å². The van der Waals surface area contributed by atoms with Crippen LogP contribution in [0.25, 0.3) is 0 Å². The van der Waals surface area contributed by atoms with Crippen LogP contribution in [-0.4, -0.2) is 59.6 Å². The van der Waals surface area contributed by atoms with Gasteiger partial charge in [0.1, 0.15) is 0 Å². The minimum Gasteiger partial charge on any atom is -0.481 e. The summed E-state index contributed by atoms with van der Waals surface area (Å²) >= 11 is 0. The summed E-state index contributed by atoms with van der Waals surface area (Å²) < 4.78 is 0. The van der Waals surface area contributed by atoms with E-state index < -0.39 is 5.97 Å². The molecule has 0 radical (unpaired) electrons. The van der Waals surface area contributed by atoms with Crippen molar-refractivity contribution in [2.45, 2.75) is 25.3 Å². The number of fused-ring (bicyclic) bond motifs is 1. The van der Waals surface area contributed by atoms with Crippen molar-refractivity contribution in [3.05, 3.63) is 0 Å². The zero-order valence-electron chi connectivity index (χ0n) is 8.48. The van der Waals surface area contributed by atoms with Crippen molar-refractivity contribution in [2.24, 2.45) is 0 Å². The van der Waals surface area contributed by atoms with Crippen molar-refractivity contribution >= 4 is 5.97 Å². The largest absolute Gasteiger partial charge is 0.481 e. The molecule has 2 fully saturated rings. The standard InChI is InChI=1S/C10H18N2O2/c13-10(14)3-5-11-6-7-12-4-1-2-9(12)8-11/h9H,1-8H2,(H,13,14). The molecule has 2 aliphatic heterocycles. The van der Waals surface area contributed by atoms with E-state index in [0.717, 1.165) is 26.2 Å². The first-order chi connectivity index (χ1) is 6.75. The SMILES string of the molecule is O=C(O)CCN1CCN2CCCC2C1. The van der Waals surface area contributed by atoms with Crippen LogP contribution in [0.4, 0.5) is 0 Å². The first-order valence-corrected chi connectivity index (χ1v) is 5.44. The van der Waals surface area contributed by atoms with Gasteiger partial charge in [0.15, 0.2) is 0 Å². The Hall–Kier alpha value is -0.610. The van der Waals surface area contributed by atoms with Gasteiger partial charge in [-0.3, -0.25) is 14.6 Å². The van der Waals surface area contributed by atoms with E-state index in [9.17, 15) is 4.79 Å². The average molecular weight is 198 g/mol. The smallest absolute Gasteiger partial charge is 0.304 e. The van der Waals surface area contributed by atoms with E-state index in [1.807, 2.05) is 0 Å². The molecule has 0 amide bonds. The minimum absolute atomic E-state index is 0.284. The third kappa shape index (κ3) is 2.25. The van der Waals surface area contributed by atoms with Gasteiger partial charge in [-0.05, 0) is 19.4 Å². The number of carboxylic acid groups (broad SMARTS) is 1. The van der Waals surface area contributed by atoms with Gasteiger partial charge >= 0.3 is 5.97 Å². The molecule has 0 spiro atoms. The van der Waals surface area contributed by atoms with Crippen LogP contribution in [0.15, 0.2) is 0 Å². The third-order valence-electron chi connectivity index (χ3n) is 3.31. The number of carboxylic acids is 1. The summed E-state index contributed by atoms with van der Waals surface area (Å²) in [5, 5.41) is 8.59. The van der Waals surface area contributed by atoms with E-state index in [2.05, 4.69) is 9.80 Å². The summed E-state index contributed by atoms with van der Waals surface area (Å²) in [5.41, 5.74) is 0. The van der Waals surface area contributed by atoms with Crippen LogP contribution in [0.1, 0.15) is 19.3 Å². The first kappa shape index (κ1) is 9.93. The van der Waals surface area contributed by atoms with Crippen molar-refractivity contribution in [1.29, 1.82) is 0 Å². The molecule has 0 aromatic rings. The Kier molecular flexibility index (Phi) is 3.03. The number of piperazine rings is 1. The summed E-state index contributed by atoms with van der Waals surface area (Å²) in [6.45, 7) is 5.22. The first-order valence-electron chi connectivity index (χ1n) is 5.44. The highest BCUT2D eigenvalue weighted by molar-refractivity contribution is 5.66. The molecule has 2 rings (SSSR count). The maximum absolute atomic E-state index is 10.4. The summed E-state index contributed by atoms with van der Waals surface area (Å²) in [4.78, 5) is 15.3. The van der Waals surface area contributed by atoms with E-state index in [1.165, 1.54) is 19.4 Å². The van der Waals surface area contributed by atoms with Crippen LogP contribution < -0.4 is 0 Å². The maximum Gasteiger partial charge on any atom is 0.304 e. The Balaban J connectivity index is 1.77. The van der Waals surface area contributed by atoms with Crippen molar-refractivity contribution in [2.75, 3.05) is 32.7 Å². The fraction of sp³-hybridized carbons (Fsp3) is 0.900. The molecule has 0 aromatic carbocycles. The molecule has 80 valence electrons. The molecule has 0 saturated carbocycles. The topological polar surface area (TPSA) is 43.8 Å². The fourth-order valence-corrected chi connectivity index (χ4v) is 2.51. The lowest BCUT2D eigenvalue weighted by Gasteiger charge is -2.37. The Morgan fingerprint density at radius 3 is 3.00 bits per heavy atom. The fourth-order valence-electron chi connectivity index (χ4n) is 2.51. The second kappa shape index (κ2) is 4.28. The molecule has 1 N–H and O–H groups in total. The van der Waals surface area contributed by atoms with Crippen LogP contribution in [0, 0.1) is 0 Å². The highest BCUT2D eigenvalue weighted by Crippen LogP contribution is 2.21. The zero-order chi connectivity index (χ0) is 9.97. The molecule has 14 heavy (non-hydrogen) atoms. The molecule has 4 heteroatoms. The normalized spacial score (nSPS) is 29.0. The summed E-state index contributed by atoms with van der Waals surface area (Å²) in [5.74, 6) is -0.682. The van der Waals surface area contributed by atoms with Gasteiger partial charge in [-0.15, -0.1) is 0 Å². The molecule has 2 aliphatic rings.